The Kier molecular flexibility index (Phi) is 4.93. The quantitative estimate of drug-likeness (QED) is 0.524. The molecule has 0 aliphatic carbocycles. The van der Waals surface area contributed by atoms with Gasteiger partial charge in [-0.1, -0.05) is 12.1 Å². The lowest BCUT2D eigenvalue weighted by atomic mass is 9.94. The van der Waals surface area contributed by atoms with E-state index in [1.807, 2.05) is 47.6 Å². The molecule has 1 N–H and O–H groups in total. The lowest BCUT2D eigenvalue weighted by Crippen LogP contribution is -2.23. The molecule has 0 atom stereocenters. The molecular weight excluding hydrogens is 404 g/mol. The number of anilines is 1. The molecule has 0 bridgehead atoms. The molecular formula is C25H22N4O3. The molecule has 1 aromatic carbocycles. The van der Waals surface area contributed by atoms with Gasteiger partial charge in [-0.25, -0.2) is 4.98 Å². The summed E-state index contributed by atoms with van der Waals surface area (Å²) in [4.78, 5) is 34.6. The summed E-state index contributed by atoms with van der Waals surface area (Å²) in [6, 6.07) is 11.6. The number of rotatable bonds is 4. The van der Waals surface area contributed by atoms with E-state index in [4.69, 9.17) is 4.42 Å². The van der Waals surface area contributed by atoms with E-state index in [0.29, 0.717) is 12.1 Å². The summed E-state index contributed by atoms with van der Waals surface area (Å²) >= 11 is 0. The molecule has 5 rings (SSSR count). The van der Waals surface area contributed by atoms with Gasteiger partial charge in [0, 0.05) is 60.8 Å². The van der Waals surface area contributed by atoms with Crippen molar-refractivity contribution in [3.05, 3.63) is 66.3 Å². The number of benzene rings is 1. The van der Waals surface area contributed by atoms with E-state index in [0.717, 1.165) is 51.9 Å². The Hall–Kier alpha value is -4.00. The molecule has 0 unspecified atom stereocenters. The fourth-order valence-corrected chi connectivity index (χ4v) is 4.24. The summed E-state index contributed by atoms with van der Waals surface area (Å²) in [6.45, 7) is 2.82. The zero-order valence-electron chi connectivity index (χ0n) is 17.9. The SMILES string of the molecule is CNC(=O)c1cc2c(-c3cncc(-c4ccc(N5CCCC5=O)cc4)c3C)ccnc2o1. The van der Waals surface area contributed by atoms with Crippen LogP contribution < -0.4 is 10.2 Å². The van der Waals surface area contributed by atoms with Crippen LogP contribution in [-0.4, -0.2) is 35.4 Å². The smallest absolute Gasteiger partial charge is 0.286 e. The van der Waals surface area contributed by atoms with E-state index in [2.05, 4.69) is 22.2 Å². The van der Waals surface area contributed by atoms with Gasteiger partial charge in [-0.3, -0.25) is 14.6 Å². The monoisotopic (exact) mass is 426 g/mol. The summed E-state index contributed by atoms with van der Waals surface area (Å²) in [6.07, 6.45) is 6.85. The Morgan fingerprint density at radius 2 is 1.88 bits per heavy atom. The molecule has 0 radical (unpaired) electrons. The Morgan fingerprint density at radius 1 is 1.09 bits per heavy atom. The van der Waals surface area contributed by atoms with Gasteiger partial charge < -0.3 is 14.6 Å². The summed E-state index contributed by atoms with van der Waals surface area (Å²) < 4.78 is 5.63. The molecule has 3 aromatic heterocycles. The molecule has 1 aliphatic heterocycles. The van der Waals surface area contributed by atoms with Gasteiger partial charge in [-0.2, -0.15) is 0 Å². The second-order valence-corrected chi connectivity index (χ2v) is 7.82. The normalized spacial score (nSPS) is 13.7. The zero-order chi connectivity index (χ0) is 22.2. The Labute approximate surface area is 185 Å². The van der Waals surface area contributed by atoms with Crippen molar-refractivity contribution in [2.75, 3.05) is 18.5 Å². The minimum atomic E-state index is -0.297. The molecule has 32 heavy (non-hydrogen) atoms. The van der Waals surface area contributed by atoms with E-state index in [1.165, 1.54) is 0 Å². The van der Waals surface area contributed by atoms with Gasteiger partial charge in [0.25, 0.3) is 5.91 Å². The highest BCUT2D eigenvalue weighted by Crippen LogP contribution is 2.36. The maximum atomic E-state index is 12.0. The van der Waals surface area contributed by atoms with Gasteiger partial charge >= 0.3 is 0 Å². The predicted octanol–water partition coefficient (Wildman–Crippen LogP) is 4.35. The van der Waals surface area contributed by atoms with Gasteiger partial charge in [-0.05, 0) is 54.3 Å². The van der Waals surface area contributed by atoms with E-state index >= 15 is 0 Å². The molecule has 4 heterocycles. The standard InChI is InChI=1S/C25H22N4O3/c1-15-20(16-5-7-17(8-6-16)29-11-3-4-23(29)30)13-27-14-21(15)18-9-10-28-25-19(18)12-22(32-25)24(31)26-2/h5-10,12-14H,3-4,11H2,1-2H3,(H,26,31). The number of aromatic nitrogens is 2. The predicted molar refractivity (Wildman–Crippen MR) is 122 cm³/mol. The first-order chi connectivity index (χ1) is 15.6. The third kappa shape index (κ3) is 3.32. The van der Waals surface area contributed by atoms with Crippen molar-refractivity contribution >= 4 is 28.6 Å². The van der Waals surface area contributed by atoms with Crippen molar-refractivity contribution in [1.82, 2.24) is 15.3 Å². The van der Waals surface area contributed by atoms with E-state index in [-0.39, 0.29) is 17.6 Å². The maximum absolute atomic E-state index is 12.0. The van der Waals surface area contributed by atoms with Crippen LogP contribution in [0.4, 0.5) is 5.69 Å². The molecule has 1 fully saturated rings. The van der Waals surface area contributed by atoms with E-state index in [9.17, 15) is 9.59 Å². The number of amides is 2. The second-order valence-electron chi connectivity index (χ2n) is 7.82. The first-order valence-corrected chi connectivity index (χ1v) is 10.5. The molecule has 0 spiro atoms. The molecule has 2 amide bonds. The first-order valence-electron chi connectivity index (χ1n) is 10.5. The Balaban J connectivity index is 1.55. The van der Waals surface area contributed by atoms with Crippen LogP contribution in [0.3, 0.4) is 0 Å². The number of nitrogens with zero attached hydrogens (tertiary/aromatic N) is 3. The van der Waals surface area contributed by atoms with Crippen molar-refractivity contribution < 1.29 is 14.0 Å². The fourth-order valence-electron chi connectivity index (χ4n) is 4.24. The minimum Gasteiger partial charge on any atom is -0.433 e. The third-order valence-corrected chi connectivity index (χ3v) is 5.96. The van der Waals surface area contributed by atoms with Crippen LogP contribution in [0.5, 0.6) is 0 Å². The fraction of sp³-hybridized carbons (Fsp3) is 0.200. The highest BCUT2D eigenvalue weighted by Gasteiger charge is 2.22. The third-order valence-electron chi connectivity index (χ3n) is 5.96. The number of hydrogen-bond donors (Lipinski definition) is 1. The first kappa shape index (κ1) is 19.9. The summed E-state index contributed by atoms with van der Waals surface area (Å²) in [5, 5.41) is 3.33. The molecule has 7 nitrogen and oxygen atoms in total. The topological polar surface area (TPSA) is 88.3 Å². The van der Waals surface area contributed by atoms with E-state index in [1.54, 1.807) is 19.3 Å². The summed E-state index contributed by atoms with van der Waals surface area (Å²) in [7, 11) is 1.56. The number of carbonyl (C=O) groups is 2. The van der Waals surface area contributed by atoms with Crippen LogP contribution in [0.1, 0.15) is 29.0 Å². The Morgan fingerprint density at radius 3 is 2.59 bits per heavy atom. The number of carbonyl (C=O) groups excluding carboxylic acids is 2. The average Bonchev–Trinajstić information content (AvgIpc) is 3.45. The lowest BCUT2D eigenvalue weighted by molar-refractivity contribution is -0.117. The number of pyridine rings is 2. The minimum absolute atomic E-state index is 0.176. The number of furan rings is 1. The number of nitrogens with one attached hydrogen (secondary N) is 1. The van der Waals surface area contributed by atoms with Gasteiger partial charge in [0.15, 0.2) is 5.76 Å². The van der Waals surface area contributed by atoms with Crippen LogP contribution in [0.2, 0.25) is 0 Å². The van der Waals surface area contributed by atoms with Crippen molar-refractivity contribution in [3.63, 3.8) is 0 Å². The lowest BCUT2D eigenvalue weighted by Gasteiger charge is -2.17. The van der Waals surface area contributed by atoms with Crippen molar-refractivity contribution in [2.24, 2.45) is 0 Å². The van der Waals surface area contributed by atoms with Crippen molar-refractivity contribution in [3.8, 4) is 22.3 Å². The highest BCUT2D eigenvalue weighted by atomic mass is 16.4. The van der Waals surface area contributed by atoms with Crippen LogP contribution in [0.25, 0.3) is 33.4 Å². The average molecular weight is 426 g/mol. The Bertz CT molecular complexity index is 1340. The van der Waals surface area contributed by atoms with Gasteiger partial charge in [0.1, 0.15) is 0 Å². The van der Waals surface area contributed by atoms with Crippen molar-refractivity contribution in [1.29, 1.82) is 0 Å². The molecule has 0 saturated carbocycles. The maximum Gasteiger partial charge on any atom is 0.286 e. The molecule has 4 aromatic rings. The van der Waals surface area contributed by atoms with Gasteiger partial charge in [-0.15, -0.1) is 0 Å². The zero-order valence-corrected chi connectivity index (χ0v) is 17.9. The molecule has 1 aliphatic rings. The van der Waals surface area contributed by atoms with Crippen molar-refractivity contribution in [2.45, 2.75) is 19.8 Å². The van der Waals surface area contributed by atoms with E-state index < -0.39 is 0 Å². The summed E-state index contributed by atoms with van der Waals surface area (Å²) in [5.74, 6) is 0.0981. The van der Waals surface area contributed by atoms with Crippen LogP contribution >= 0.6 is 0 Å². The molecule has 1 saturated heterocycles. The number of hydrogen-bond acceptors (Lipinski definition) is 5. The molecule has 160 valence electrons. The van der Waals surface area contributed by atoms with Crippen LogP contribution in [0, 0.1) is 6.92 Å². The van der Waals surface area contributed by atoms with Crippen LogP contribution in [0.15, 0.2) is 59.4 Å². The number of fused-ring (bicyclic) bond motifs is 1. The summed E-state index contributed by atoms with van der Waals surface area (Å²) in [5.41, 5.74) is 6.26. The second kappa shape index (κ2) is 7.92. The largest absolute Gasteiger partial charge is 0.433 e. The molecule has 7 heteroatoms. The van der Waals surface area contributed by atoms with Gasteiger partial charge in [0.05, 0.1) is 0 Å². The van der Waals surface area contributed by atoms with Crippen LogP contribution in [-0.2, 0) is 4.79 Å². The highest BCUT2D eigenvalue weighted by molar-refractivity contribution is 6.00. The van der Waals surface area contributed by atoms with Gasteiger partial charge in [0.2, 0.25) is 11.6 Å².